The van der Waals surface area contributed by atoms with E-state index >= 15 is 0 Å². The zero-order chi connectivity index (χ0) is 27.2. The van der Waals surface area contributed by atoms with Gasteiger partial charge in [0.1, 0.15) is 0 Å². The third-order valence-corrected chi connectivity index (χ3v) is 14.2. The van der Waals surface area contributed by atoms with Gasteiger partial charge in [0.2, 0.25) is 0 Å². The molecule has 1 aromatic heterocycles. The summed E-state index contributed by atoms with van der Waals surface area (Å²) in [5.41, 5.74) is 1.02. The summed E-state index contributed by atoms with van der Waals surface area (Å²) in [5.74, 6) is 0.843. The number of benzene rings is 5. The fourth-order valence-corrected chi connectivity index (χ4v) is 11.8. The first-order chi connectivity index (χ1) is 19.8. The Bertz CT molecular complexity index is 1630. The summed E-state index contributed by atoms with van der Waals surface area (Å²) in [6.07, 6.45) is 3.12. The van der Waals surface area contributed by atoms with Crippen LogP contribution in [0.25, 0.3) is 15.3 Å². The average Bonchev–Trinajstić information content (AvgIpc) is 3.37. The van der Waals surface area contributed by atoms with Gasteiger partial charge in [-0.05, 0) is 36.4 Å². The number of hydrogen-bond acceptors (Lipinski definition) is 2. The maximum atomic E-state index is 12.8. The molecule has 0 atom stereocenters. The van der Waals surface area contributed by atoms with Crippen LogP contribution in [0.15, 0.2) is 144 Å². The van der Waals surface area contributed by atoms with Crippen molar-refractivity contribution in [2.75, 3.05) is 12.8 Å². The second-order valence-electron chi connectivity index (χ2n) is 9.78. The summed E-state index contributed by atoms with van der Waals surface area (Å²) in [7, 11) is -1.81. The van der Waals surface area contributed by atoms with E-state index in [1.165, 1.54) is 15.9 Å². The van der Waals surface area contributed by atoms with Crippen molar-refractivity contribution in [2.45, 2.75) is 12.8 Å². The quantitative estimate of drug-likeness (QED) is 0.106. The van der Waals surface area contributed by atoms with Crippen LogP contribution in [0.3, 0.4) is 0 Å². The van der Waals surface area contributed by atoms with E-state index in [2.05, 4.69) is 97.1 Å². The Morgan fingerprint density at radius 3 is 1.68 bits per heavy atom. The number of rotatable bonds is 10. The van der Waals surface area contributed by atoms with Gasteiger partial charge in [0.15, 0.2) is 0 Å². The summed E-state index contributed by atoms with van der Waals surface area (Å²) in [6, 6.07) is 49.0. The normalized spacial score (nSPS) is 11.5. The number of aromatic nitrogens is 1. The molecule has 198 valence electrons. The van der Waals surface area contributed by atoms with Crippen molar-refractivity contribution in [1.29, 1.82) is 0 Å². The second kappa shape index (κ2) is 12.2. The van der Waals surface area contributed by atoms with Gasteiger partial charge in [-0.15, -0.1) is 0 Å². The predicted octanol–water partition coefficient (Wildman–Crippen LogP) is 6.20. The summed E-state index contributed by atoms with van der Waals surface area (Å²) in [5, 5.41) is 5.08. The van der Waals surface area contributed by atoms with Crippen molar-refractivity contribution >= 4 is 47.6 Å². The molecule has 6 aromatic rings. The first kappa shape index (κ1) is 26.5. The third-order valence-electron chi connectivity index (χ3n) is 7.31. The maximum absolute atomic E-state index is 12.8. The molecule has 0 radical (unpaired) electrons. The summed E-state index contributed by atoms with van der Waals surface area (Å²) in [4.78, 5) is 12.8. The van der Waals surface area contributed by atoms with Crippen LogP contribution in [0, 0.1) is 0 Å². The Hall–Kier alpha value is -3.68. The first-order valence-corrected chi connectivity index (χ1v) is 17.2. The molecule has 0 saturated carbocycles. The van der Waals surface area contributed by atoms with Crippen LogP contribution in [0.5, 0.6) is 5.75 Å². The van der Waals surface area contributed by atoms with Gasteiger partial charge in [-0.1, -0.05) is 54.6 Å². The van der Waals surface area contributed by atoms with E-state index in [0.29, 0.717) is 6.61 Å². The molecule has 0 N–H and O–H groups in total. The van der Waals surface area contributed by atoms with Gasteiger partial charge in [0, 0.05) is 0 Å². The van der Waals surface area contributed by atoms with Crippen molar-refractivity contribution in [2.24, 2.45) is 0 Å². The van der Waals surface area contributed by atoms with Crippen LogP contribution < -0.4 is 26.2 Å². The summed E-state index contributed by atoms with van der Waals surface area (Å²) < 4.78 is 9.19. The van der Waals surface area contributed by atoms with E-state index in [1.807, 2.05) is 46.0 Å². The van der Waals surface area contributed by atoms with E-state index in [-0.39, 0.29) is 20.3 Å². The molecule has 0 aliphatic heterocycles. The molecule has 0 aliphatic rings. The zero-order valence-electron chi connectivity index (χ0n) is 22.2. The first-order valence-electron chi connectivity index (χ1n) is 13.6. The molecule has 5 heteroatoms. The molecule has 6 rings (SSSR count). The predicted molar refractivity (Wildman–Crippen MR) is 171 cm³/mol. The molecule has 1 heterocycles. The van der Waals surface area contributed by atoms with Crippen LogP contribution in [0.4, 0.5) is 0 Å². The number of unbranched alkanes of at least 4 members (excludes halogenated alkanes) is 1. The van der Waals surface area contributed by atoms with Crippen molar-refractivity contribution < 1.29 is 4.74 Å². The number of fused-ring (bicyclic) bond motifs is 1. The van der Waals surface area contributed by atoms with Crippen molar-refractivity contribution in [1.82, 2.24) is 3.56 Å². The molecule has 0 spiro atoms. The molecule has 0 bridgehead atoms. The Balaban J connectivity index is 1.16. The zero-order valence-corrected chi connectivity index (χ0v) is 24.8. The van der Waals surface area contributed by atoms with Crippen LogP contribution in [-0.2, 0) is 0 Å². The van der Waals surface area contributed by atoms with Gasteiger partial charge in [0.05, 0.1) is 0 Å². The van der Waals surface area contributed by atoms with E-state index in [1.54, 1.807) is 0 Å². The van der Waals surface area contributed by atoms with Crippen LogP contribution in [-0.4, -0.2) is 31.1 Å². The van der Waals surface area contributed by atoms with E-state index in [0.717, 1.165) is 40.1 Å². The van der Waals surface area contributed by atoms with Crippen molar-refractivity contribution in [3.05, 3.63) is 150 Å². The van der Waals surface area contributed by atoms with Crippen LogP contribution >= 0.6 is 7.26 Å². The number of hydrogen-bond donors (Lipinski definition) is 0. The molecule has 0 unspecified atom stereocenters. The summed E-state index contributed by atoms with van der Waals surface area (Å²) in [6.45, 7) is 0.662. The molecular formula is C35H31NO2PSe+. The van der Waals surface area contributed by atoms with Crippen molar-refractivity contribution in [3.63, 3.8) is 0 Å². The molecule has 0 aliphatic carbocycles. The Labute approximate surface area is 242 Å². The molecule has 0 amide bonds. The average molecular weight is 608 g/mol. The van der Waals surface area contributed by atoms with Gasteiger partial charge in [-0.2, -0.15) is 0 Å². The monoisotopic (exact) mass is 608 g/mol. The SMILES string of the molecule is O=c1c2ccccc2[se]n1-c1ccc(OCCCC[P+](c2ccccc2)(c2ccccc2)c2ccccc2)cc1. The van der Waals surface area contributed by atoms with Crippen LogP contribution in [0.2, 0.25) is 0 Å². The van der Waals surface area contributed by atoms with Gasteiger partial charge < -0.3 is 0 Å². The molecular weight excluding hydrogens is 576 g/mol. The van der Waals surface area contributed by atoms with Gasteiger partial charge >= 0.3 is 152 Å². The van der Waals surface area contributed by atoms with Gasteiger partial charge in [0.25, 0.3) is 0 Å². The fraction of sp³-hybridized carbons (Fsp3) is 0.114. The minimum absolute atomic E-state index is 0.0259. The van der Waals surface area contributed by atoms with Crippen molar-refractivity contribution in [3.8, 4) is 11.4 Å². The molecule has 0 fully saturated rings. The molecule has 0 saturated heterocycles. The molecule has 3 nitrogen and oxygen atoms in total. The topological polar surface area (TPSA) is 31.2 Å². The second-order valence-corrected chi connectivity index (χ2v) is 15.5. The standard InChI is InChI=1S/C35H31NO2PSe/c37-35-33-20-10-11-21-34(33)40-36(35)28-22-24-29(25-23-28)38-26-12-13-27-39(30-14-4-1-5-15-30,31-16-6-2-7-17-31)32-18-8-3-9-19-32/h1-11,14-25H,12-13,26-27H2/q+1. The third kappa shape index (κ3) is 5.36. The summed E-state index contributed by atoms with van der Waals surface area (Å²) >= 11 is -0.0259. The Morgan fingerprint density at radius 1 is 0.600 bits per heavy atom. The van der Waals surface area contributed by atoms with Gasteiger partial charge in [-0.3, -0.25) is 0 Å². The minimum atomic E-state index is -1.81. The Morgan fingerprint density at radius 2 is 1.12 bits per heavy atom. The number of nitrogens with zero attached hydrogens (tertiary/aromatic N) is 1. The number of ether oxygens (including phenoxy) is 1. The van der Waals surface area contributed by atoms with Crippen LogP contribution in [0.1, 0.15) is 12.8 Å². The van der Waals surface area contributed by atoms with E-state index in [4.69, 9.17) is 4.74 Å². The fourth-order valence-electron chi connectivity index (χ4n) is 5.34. The Kier molecular flexibility index (Phi) is 8.11. The van der Waals surface area contributed by atoms with E-state index in [9.17, 15) is 4.79 Å². The molecule has 40 heavy (non-hydrogen) atoms. The van der Waals surface area contributed by atoms with Gasteiger partial charge in [-0.25, -0.2) is 0 Å². The van der Waals surface area contributed by atoms with E-state index < -0.39 is 7.26 Å². The molecule has 5 aromatic carbocycles.